The predicted octanol–water partition coefficient (Wildman–Crippen LogP) is 2.80. The molecule has 1 aromatic rings. The highest BCUT2D eigenvalue weighted by Crippen LogP contribution is 2.12. The van der Waals surface area contributed by atoms with Crippen LogP contribution < -0.4 is 0 Å². The molecule has 0 fully saturated rings. The van der Waals surface area contributed by atoms with E-state index in [-0.39, 0.29) is 11.9 Å². The number of hydrogen-bond donors (Lipinski definition) is 0. The molecule has 0 bridgehead atoms. The molecule has 0 spiro atoms. The Balaban J connectivity index is 2.85. The monoisotopic (exact) mass is 250 g/mol. The van der Waals surface area contributed by atoms with Crippen molar-refractivity contribution < 1.29 is 4.79 Å². The molecule has 1 amide bonds. The third-order valence-corrected chi connectivity index (χ3v) is 3.01. The molecule has 0 saturated carbocycles. The van der Waals surface area contributed by atoms with E-state index in [1.807, 2.05) is 19.1 Å². The van der Waals surface area contributed by atoms with Gasteiger partial charge in [0.2, 0.25) is 0 Å². The van der Waals surface area contributed by atoms with Gasteiger partial charge in [0, 0.05) is 24.5 Å². The zero-order valence-electron chi connectivity index (χ0n) is 9.98. The fourth-order valence-electron chi connectivity index (χ4n) is 1.46. The van der Waals surface area contributed by atoms with E-state index in [4.69, 9.17) is 16.9 Å². The lowest BCUT2D eigenvalue weighted by Gasteiger charge is -2.23. The zero-order valence-corrected chi connectivity index (χ0v) is 10.7. The quantitative estimate of drug-likeness (QED) is 0.772. The number of rotatable bonds is 4. The Morgan fingerprint density at radius 2 is 2.29 bits per heavy atom. The lowest BCUT2D eigenvalue weighted by atomic mass is 10.1. The first-order chi connectivity index (χ1) is 8.10. The van der Waals surface area contributed by atoms with Gasteiger partial charge in [-0.3, -0.25) is 4.79 Å². The Bertz CT molecular complexity index is 439. The number of nitriles is 1. The van der Waals surface area contributed by atoms with Crippen LogP contribution in [0.4, 0.5) is 0 Å². The highest BCUT2D eigenvalue weighted by molar-refractivity contribution is 6.17. The largest absolute Gasteiger partial charge is 0.338 e. The molecule has 1 rings (SSSR count). The normalized spacial score (nSPS) is 11.6. The van der Waals surface area contributed by atoms with Gasteiger partial charge >= 0.3 is 0 Å². The lowest BCUT2D eigenvalue weighted by Crippen LogP contribution is -2.34. The minimum absolute atomic E-state index is 0.0836. The molecule has 1 atom stereocenters. The molecule has 1 aromatic carbocycles. The second-order valence-electron chi connectivity index (χ2n) is 3.96. The molecule has 3 nitrogen and oxygen atoms in total. The summed E-state index contributed by atoms with van der Waals surface area (Å²) in [6.45, 7) is 1.85. The summed E-state index contributed by atoms with van der Waals surface area (Å²) >= 11 is 5.73. The van der Waals surface area contributed by atoms with Crippen LogP contribution in [0.5, 0.6) is 0 Å². The smallest absolute Gasteiger partial charge is 0.253 e. The number of nitrogens with zero attached hydrogens (tertiary/aromatic N) is 2. The molecule has 1 unspecified atom stereocenters. The topological polar surface area (TPSA) is 44.1 Å². The summed E-state index contributed by atoms with van der Waals surface area (Å²) in [5, 5.41) is 8.61. The maximum Gasteiger partial charge on any atom is 0.253 e. The number of hydrogen-bond acceptors (Lipinski definition) is 2. The third kappa shape index (κ3) is 3.47. The average Bonchev–Trinajstić information content (AvgIpc) is 2.37. The van der Waals surface area contributed by atoms with Gasteiger partial charge in [-0.2, -0.15) is 5.26 Å². The summed E-state index contributed by atoms with van der Waals surface area (Å²) in [5.41, 5.74) is 1.52. The number of amides is 1. The summed E-state index contributed by atoms with van der Waals surface area (Å²) in [6.07, 6.45) is 0.331. The zero-order chi connectivity index (χ0) is 12.8. The van der Waals surface area contributed by atoms with E-state index in [1.165, 1.54) is 0 Å². The van der Waals surface area contributed by atoms with Crippen LogP contribution in [-0.2, 0) is 5.88 Å². The minimum Gasteiger partial charge on any atom is -0.338 e. The number of alkyl halides is 1. The van der Waals surface area contributed by atoms with Gasteiger partial charge in [-0.05, 0) is 24.6 Å². The van der Waals surface area contributed by atoms with E-state index in [0.29, 0.717) is 17.9 Å². The summed E-state index contributed by atoms with van der Waals surface area (Å²) in [5.74, 6) is 0.304. The van der Waals surface area contributed by atoms with Crippen molar-refractivity contribution >= 4 is 17.5 Å². The van der Waals surface area contributed by atoms with Gasteiger partial charge in [-0.1, -0.05) is 12.1 Å². The lowest BCUT2D eigenvalue weighted by molar-refractivity contribution is 0.0746. The number of benzene rings is 1. The van der Waals surface area contributed by atoms with Crippen molar-refractivity contribution in [1.82, 2.24) is 4.90 Å². The SMILES string of the molecule is CC(CC#N)N(C)C(=O)c1cccc(CCl)c1. The second kappa shape index (κ2) is 6.27. The molecule has 0 saturated heterocycles. The van der Waals surface area contributed by atoms with Crippen LogP contribution in [0.15, 0.2) is 24.3 Å². The third-order valence-electron chi connectivity index (χ3n) is 2.70. The minimum atomic E-state index is -0.0906. The van der Waals surface area contributed by atoms with Crippen LogP contribution in [-0.4, -0.2) is 23.9 Å². The summed E-state index contributed by atoms with van der Waals surface area (Å²) in [4.78, 5) is 13.7. The van der Waals surface area contributed by atoms with Gasteiger partial charge in [0.25, 0.3) is 5.91 Å². The fraction of sp³-hybridized carbons (Fsp3) is 0.385. The molecule has 0 aliphatic carbocycles. The first-order valence-electron chi connectivity index (χ1n) is 5.39. The van der Waals surface area contributed by atoms with Crippen LogP contribution in [0.1, 0.15) is 29.3 Å². The van der Waals surface area contributed by atoms with E-state index in [2.05, 4.69) is 6.07 Å². The molecule has 4 heteroatoms. The number of halogens is 1. The molecule has 0 aliphatic heterocycles. The van der Waals surface area contributed by atoms with Crippen molar-refractivity contribution in [3.05, 3.63) is 35.4 Å². The Kier molecular flexibility index (Phi) is 4.99. The van der Waals surface area contributed by atoms with Crippen molar-refractivity contribution in [1.29, 1.82) is 5.26 Å². The Labute approximate surface area is 107 Å². The fourth-order valence-corrected chi connectivity index (χ4v) is 1.63. The molecule has 0 radical (unpaired) electrons. The maximum absolute atomic E-state index is 12.1. The molecular formula is C13H15ClN2O. The highest BCUT2D eigenvalue weighted by atomic mass is 35.5. The molecule has 17 heavy (non-hydrogen) atoms. The van der Waals surface area contributed by atoms with Crippen LogP contribution in [0.25, 0.3) is 0 Å². The van der Waals surface area contributed by atoms with Crippen molar-refractivity contribution in [2.75, 3.05) is 7.05 Å². The summed E-state index contributed by atoms with van der Waals surface area (Å²) < 4.78 is 0. The Morgan fingerprint density at radius 3 is 2.88 bits per heavy atom. The number of carbonyl (C=O) groups excluding carboxylic acids is 1. The Hall–Kier alpha value is -1.53. The highest BCUT2D eigenvalue weighted by Gasteiger charge is 2.17. The van der Waals surface area contributed by atoms with Crippen LogP contribution in [0, 0.1) is 11.3 Å². The first-order valence-corrected chi connectivity index (χ1v) is 5.92. The Morgan fingerprint density at radius 1 is 1.59 bits per heavy atom. The van der Waals surface area contributed by atoms with Gasteiger partial charge in [-0.15, -0.1) is 11.6 Å². The van der Waals surface area contributed by atoms with Crippen molar-refractivity contribution in [3.63, 3.8) is 0 Å². The predicted molar refractivity (Wildman–Crippen MR) is 67.8 cm³/mol. The molecule has 0 heterocycles. The van der Waals surface area contributed by atoms with Gasteiger partial charge in [0.1, 0.15) is 0 Å². The average molecular weight is 251 g/mol. The van der Waals surface area contributed by atoms with Crippen molar-refractivity contribution in [2.45, 2.75) is 25.3 Å². The van der Waals surface area contributed by atoms with E-state index < -0.39 is 0 Å². The molecule has 0 N–H and O–H groups in total. The van der Waals surface area contributed by atoms with Crippen molar-refractivity contribution in [2.24, 2.45) is 0 Å². The van der Waals surface area contributed by atoms with Gasteiger partial charge in [0.05, 0.1) is 12.5 Å². The van der Waals surface area contributed by atoms with Crippen LogP contribution in [0.3, 0.4) is 0 Å². The van der Waals surface area contributed by atoms with E-state index in [1.54, 1.807) is 24.1 Å². The summed E-state index contributed by atoms with van der Waals surface area (Å²) in [6, 6.07) is 9.20. The molecular weight excluding hydrogens is 236 g/mol. The number of carbonyl (C=O) groups is 1. The maximum atomic E-state index is 12.1. The summed E-state index contributed by atoms with van der Waals surface area (Å²) in [7, 11) is 1.71. The molecule has 0 aliphatic rings. The first kappa shape index (κ1) is 13.5. The standard InChI is InChI=1S/C13H15ClN2O/c1-10(6-7-15)16(2)13(17)12-5-3-4-11(8-12)9-14/h3-5,8,10H,6,9H2,1-2H3. The van der Waals surface area contributed by atoms with Crippen LogP contribution in [0.2, 0.25) is 0 Å². The molecule has 90 valence electrons. The van der Waals surface area contributed by atoms with E-state index in [9.17, 15) is 4.79 Å². The van der Waals surface area contributed by atoms with Crippen LogP contribution >= 0.6 is 11.6 Å². The van der Waals surface area contributed by atoms with Gasteiger partial charge in [0.15, 0.2) is 0 Å². The van der Waals surface area contributed by atoms with E-state index in [0.717, 1.165) is 5.56 Å². The van der Waals surface area contributed by atoms with Gasteiger partial charge in [-0.25, -0.2) is 0 Å². The van der Waals surface area contributed by atoms with Gasteiger partial charge < -0.3 is 4.90 Å². The van der Waals surface area contributed by atoms with Crippen molar-refractivity contribution in [3.8, 4) is 6.07 Å². The second-order valence-corrected chi connectivity index (χ2v) is 4.23. The van der Waals surface area contributed by atoms with E-state index >= 15 is 0 Å². The molecule has 0 aromatic heterocycles.